The molecular weight excluding hydrogens is 396 g/mol. The summed E-state index contributed by atoms with van der Waals surface area (Å²) in [7, 11) is 0. The number of nitrogens with zero attached hydrogens (tertiary/aromatic N) is 6. The minimum atomic E-state index is 0.0448. The molecule has 0 aliphatic carbocycles. The predicted molar refractivity (Wildman–Crippen MR) is 111 cm³/mol. The van der Waals surface area contributed by atoms with Crippen LogP contribution >= 0.6 is 23.4 Å². The molecule has 9 heteroatoms. The Morgan fingerprint density at radius 2 is 2.00 bits per heavy atom. The Morgan fingerprint density at radius 3 is 2.75 bits per heavy atom. The van der Waals surface area contributed by atoms with Crippen LogP contribution in [0.25, 0.3) is 0 Å². The summed E-state index contributed by atoms with van der Waals surface area (Å²) in [6.07, 6.45) is 5.49. The number of benzene rings is 1. The van der Waals surface area contributed by atoms with Gasteiger partial charge in [-0.2, -0.15) is 10.2 Å². The molecule has 1 saturated heterocycles. The van der Waals surface area contributed by atoms with Crippen LogP contribution in [0.4, 0.5) is 5.69 Å². The number of aryl methyl sites for hydroxylation is 1. The second kappa shape index (κ2) is 8.20. The minimum absolute atomic E-state index is 0.0448. The first kappa shape index (κ1) is 18.8. The van der Waals surface area contributed by atoms with Gasteiger partial charge in [0.2, 0.25) is 5.91 Å². The van der Waals surface area contributed by atoms with Crippen molar-refractivity contribution in [1.29, 1.82) is 0 Å². The summed E-state index contributed by atoms with van der Waals surface area (Å²) < 4.78 is 3.66. The average molecular weight is 415 g/mol. The van der Waals surface area contributed by atoms with Gasteiger partial charge < -0.3 is 0 Å². The van der Waals surface area contributed by atoms with Gasteiger partial charge >= 0.3 is 0 Å². The van der Waals surface area contributed by atoms with Gasteiger partial charge in [-0.15, -0.1) is 0 Å². The lowest BCUT2D eigenvalue weighted by Gasteiger charge is -2.14. The Morgan fingerprint density at radius 1 is 1.18 bits per heavy atom. The van der Waals surface area contributed by atoms with Crippen molar-refractivity contribution in [3.8, 4) is 0 Å². The fourth-order valence-corrected chi connectivity index (χ4v) is 3.87. The number of hydrogen-bond acceptors (Lipinski definition) is 5. The number of aliphatic imine (C=N–C) groups is 1. The quantitative estimate of drug-likeness (QED) is 0.618. The zero-order chi connectivity index (χ0) is 19.5. The summed E-state index contributed by atoms with van der Waals surface area (Å²) >= 11 is 7.37. The van der Waals surface area contributed by atoms with Gasteiger partial charge in [0, 0.05) is 17.8 Å². The molecule has 0 atom stereocenters. The lowest BCUT2D eigenvalue weighted by atomic mass is 10.2. The molecule has 0 saturated carbocycles. The van der Waals surface area contributed by atoms with Crippen molar-refractivity contribution in [3.63, 3.8) is 0 Å². The van der Waals surface area contributed by atoms with E-state index in [2.05, 4.69) is 15.2 Å². The number of carbonyl (C=O) groups excluding carboxylic acids is 1. The maximum Gasteiger partial charge on any atom is 0.239 e. The number of thioether (sulfide) groups is 1. The molecule has 0 radical (unpaired) electrons. The summed E-state index contributed by atoms with van der Waals surface area (Å²) in [5.41, 5.74) is 2.67. The molecule has 1 fully saturated rings. The normalized spacial score (nSPS) is 15.7. The van der Waals surface area contributed by atoms with E-state index in [-0.39, 0.29) is 5.91 Å². The van der Waals surface area contributed by atoms with Gasteiger partial charge in [-0.1, -0.05) is 35.5 Å². The summed E-state index contributed by atoms with van der Waals surface area (Å²) in [6, 6.07) is 9.60. The van der Waals surface area contributed by atoms with Crippen LogP contribution in [-0.2, 0) is 24.4 Å². The fraction of sp³-hybridized carbons (Fsp3) is 0.263. The van der Waals surface area contributed by atoms with Crippen LogP contribution in [0.2, 0.25) is 5.02 Å². The summed E-state index contributed by atoms with van der Waals surface area (Å²) in [4.78, 5) is 18.6. The molecule has 1 aliphatic rings. The molecule has 3 heterocycles. The molecule has 3 aromatic rings. The molecule has 0 bridgehead atoms. The molecule has 0 N–H and O–H groups in total. The smallest absolute Gasteiger partial charge is 0.239 e. The summed E-state index contributed by atoms with van der Waals surface area (Å²) in [5.74, 6) is 0.440. The van der Waals surface area contributed by atoms with Gasteiger partial charge in [0.05, 0.1) is 36.9 Å². The molecular formula is C19H19ClN6OS. The van der Waals surface area contributed by atoms with E-state index >= 15 is 0 Å². The number of halogens is 1. The highest BCUT2D eigenvalue weighted by molar-refractivity contribution is 8.15. The second-order valence-corrected chi connectivity index (χ2v) is 7.73. The zero-order valence-electron chi connectivity index (χ0n) is 15.3. The van der Waals surface area contributed by atoms with Crippen LogP contribution in [0, 0.1) is 0 Å². The zero-order valence-corrected chi connectivity index (χ0v) is 16.9. The van der Waals surface area contributed by atoms with Crippen molar-refractivity contribution in [1.82, 2.24) is 24.5 Å². The molecule has 144 valence electrons. The minimum Gasteiger partial charge on any atom is -0.284 e. The number of carbonyl (C=O) groups is 1. The van der Waals surface area contributed by atoms with Crippen LogP contribution in [0.1, 0.15) is 18.2 Å². The third-order valence-electron chi connectivity index (χ3n) is 4.30. The Bertz CT molecular complexity index is 1010. The molecule has 1 amide bonds. The largest absolute Gasteiger partial charge is 0.284 e. The maximum absolute atomic E-state index is 12.3. The van der Waals surface area contributed by atoms with Crippen molar-refractivity contribution >= 4 is 40.1 Å². The molecule has 2 aromatic heterocycles. The van der Waals surface area contributed by atoms with E-state index in [1.54, 1.807) is 11.1 Å². The Labute approximate surface area is 172 Å². The maximum atomic E-state index is 12.3. The molecule has 28 heavy (non-hydrogen) atoms. The van der Waals surface area contributed by atoms with Crippen LogP contribution < -0.4 is 0 Å². The van der Waals surface area contributed by atoms with Gasteiger partial charge in [-0.3, -0.25) is 19.1 Å². The van der Waals surface area contributed by atoms with Crippen molar-refractivity contribution in [3.05, 3.63) is 65.2 Å². The lowest BCUT2D eigenvalue weighted by molar-refractivity contribution is -0.124. The van der Waals surface area contributed by atoms with Crippen molar-refractivity contribution in [2.45, 2.75) is 26.6 Å². The SMILES string of the molecule is CCn1ccc(CN2C(=O)CSC2=Nc2cnn(Cc3ccc(Cl)cc3)c2)n1. The lowest BCUT2D eigenvalue weighted by Crippen LogP contribution is -2.29. The third kappa shape index (κ3) is 4.28. The highest BCUT2D eigenvalue weighted by Gasteiger charge is 2.29. The number of rotatable bonds is 6. The van der Waals surface area contributed by atoms with Crippen LogP contribution in [0.15, 0.2) is 53.9 Å². The molecule has 1 aliphatic heterocycles. The van der Waals surface area contributed by atoms with E-state index in [4.69, 9.17) is 11.6 Å². The number of hydrogen-bond donors (Lipinski definition) is 0. The molecule has 0 unspecified atom stereocenters. The Hall–Kier alpha value is -2.58. The Kier molecular flexibility index (Phi) is 5.50. The number of aromatic nitrogens is 4. The number of amidine groups is 1. The van der Waals surface area contributed by atoms with Gasteiger partial charge in [0.25, 0.3) is 0 Å². The summed E-state index contributed by atoms with van der Waals surface area (Å²) in [6.45, 7) is 3.89. The van der Waals surface area contributed by atoms with Crippen LogP contribution in [-0.4, -0.2) is 41.3 Å². The third-order valence-corrected chi connectivity index (χ3v) is 5.51. The van der Waals surface area contributed by atoms with E-state index in [0.717, 1.165) is 23.5 Å². The van der Waals surface area contributed by atoms with E-state index in [9.17, 15) is 4.79 Å². The second-order valence-electron chi connectivity index (χ2n) is 6.35. The van der Waals surface area contributed by atoms with E-state index in [1.807, 2.05) is 59.0 Å². The first-order chi connectivity index (χ1) is 13.6. The average Bonchev–Trinajstić information content (AvgIpc) is 3.41. The molecule has 0 spiro atoms. The standard InChI is InChI=1S/C19H19ClN6OS/c1-2-24-8-7-16(23-24)12-26-18(27)13-28-19(26)22-17-9-21-25(11-17)10-14-3-5-15(20)6-4-14/h3-9,11H,2,10,12-13H2,1H3. The predicted octanol–water partition coefficient (Wildman–Crippen LogP) is 3.56. The first-order valence-electron chi connectivity index (χ1n) is 8.92. The van der Waals surface area contributed by atoms with E-state index in [1.165, 1.54) is 11.8 Å². The molecule has 1 aromatic carbocycles. The topological polar surface area (TPSA) is 68.3 Å². The monoisotopic (exact) mass is 414 g/mol. The van der Waals surface area contributed by atoms with E-state index in [0.29, 0.717) is 29.0 Å². The van der Waals surface area contributed by atoms with Crippen molar-refractivity contribution < 1.29 is 4.79 Å². The van der Waals surface area contributed by atoms with Crippen LogP contribution in [0.3, 0.4) is 0 Å². The first-order valence-corrected chi connectivity index (χ1v) is 10.3. The van der Waals surface area contributed by atoms with Crippen molar-refractivity contribution in [2.75, 3.05) is 5.75 Å². The fourth-order valence-electron chi connectivity index (χ4n) is 2.85. The van der Waals surface area contributed by atoms with E-state index < -0.39 is 0 Å². The van der Waals surface area contributed by atoms with Crippen LogP contribution in [0.5, 0.6) is 0 Å². The molecule has 4 rings (SSSR count). The van der Waals surface area contributed by atoms with Crippen molar-refractivity contribution in [2.24, 2.45) is 4.99 Å². The Balaban J connectivity index is 1.48. The number of amides is 1. The van der Waals surface area contributed by atoms with Gasteiger partial charge in [0.1, 0.15) is 5.69 Å². The highest BCUT2D eigenvalue weighted by Crippen LogP contribution is 2.25. The summed E-state index contributed by atoms with van der Waals surface area (Å²) in [5, 5.41) is 10.2. The van der Waals surface area contributed by atoms with Gasteiger partial charge in [-0.05, 0) is 30.7 Å². The van der Waals surface area contributed by atoms with Gasteiger partial charge in [-0.25, -0.2) is 4.99 Å². The molecule has 7 nitrogen and oxygen atoms in total. The van der Waals surface area contributed by atoms with Gasteiger partial charge in [0.15, 0.2) is 5.17 Å². The highest BCUT2D eigenvalue weighted by atomic mass is 35.5.